The van der Waals surface area contributed by atoms with Gasteiger partial charge in [-0.25, -0.2) is 0 Å². The van der Waals surface area contributed by atoms with Crippen molar-refractivity contribution in [3.63, 3.8) is 0 Å². The van der Waals surface area contributed by atoms with Crippen molar-refractivity contribution in [3.05, 3.63) is 17.0 Å². The third kappa shape index (κ3) is 5.04. The minimum absolute atomic E-state index is 0.0107. The van der Waals surface area contributed by atoms with Crippen molar-refractivity contribution in [1.82, 2.24) is 10.1 Å². The minimum Gasteiger partial charge on any atom is -0.395 e. The van der Waals surface area contributed by atoms with Crippen molar-refractivity contribution in [1.29, 1.82) is 0 Å². The highest BCUT2D eigenvalue weighted by Crippen LogP contribution is 2.20. The number of carbonyl (C=O) groups excluding carboxylic acids is 1. The molecule has 1 aromatic heterocycles. The largest absolute Gasteiger partial charge is 0.395 e. The van der Waals surface area contributed by atoms with Crippen molar-refractivity contribution in [2.75, 3.05) is 18.9 Å². The number of nitrogens with zero attached hydrogens (tertiary/aromatic N) is 2. The molecule has 0 saturated carbocycles. The molecule has 0 fully saturated rings. The lowest BCUT2D eigenvalue weighted by molar-refractivity contribution is -0.131. The Hall–Kier alpha value is -1.01. The quantitative estimate of drug-likeness (QED) is 0.758. The molecule has 1 heterocycles. The molecule has 1 amide bonds. The van der Waals surface area contributed by atoms with Crippen molar-refractivity contribution in [2.24, 2.45) is 0 Å². The van der Waals surface area contributed by atoms with E-state index in [0.717, 1.165) is 35.6 Å². The second-order valence-corrected chi connectivity index (χ2v) is 6.06. The van der Waals surface area contributed by atoms with Crippen molar-refractivity contribution < 1.29 is 14.4 Å². The van der Waals surface area contributed by atoms with Gasteiger partial charge in [0.15, 0.2) is 0 Å². The molecule has 21 heavy (non-hydrogen) atoms. The van der Waals surface area contributed by atoms with Crippen molar-refractivity contribution >= 4 is 17.7 Å². The topological polar surface area (TPSA) is 66.6 Å². The van der Waals surface area contributed by atoms with Gasteiger partial charge in [-0.15, -0.1) is 11.8 Å². The van der Waals surface area contributed by atoms with Gasteiger partial charge in [0.1, 0.15) is 5.76 Å². The molecule has 1 N–H and O–H groups in total. The van der Waals surface area contributed by atoms with Crippen LogP contribution < -0.4 is 0 Å². The molecule has 1 aromatic rings. The number of aromatic nitrogens is 1. The summed E-state index contributed by atoms with van der Waals surface area (Å²) in [5, 5.41) is 13.1. The van der Waals surface area contributed by atoms with Crippen LogP contribution in [0.5, 0.6) is 0 Å². The lowest BCUT2D eigenvalue weighted by atomic mass is 10.1. The maximum absolute atomic E-state index is 12.3. The van der Waals surface area contributed by atoms with E-state index in [-0.39, 0.29) is 18.6 Å². The predicted molar refractivity (Wildman–Crippen MR) is 85.3 cm³/mol. The van der Waals surface area contributed by atoms with Gasteiger partial charge in [0, 0.05) is 23.9 Å². The van der Waals surface area contributed by atoms with E-state index < -0.39 is 0 Å². The number of aliphatic hydroxyl groups excluding tert-OH is 1. The first-order chi connectivity index (χ1) is 10.0. The number of rotatable bonds is 9. The summed E-state index contributed by atoms with van der Waals surface area (Å²) in [6.45, 7) is 8.37. The molecule has 5 nitrogen and oxygen atoms in total. The Morgan fingerprint density at radius 2 is 2.05 bits per heavy atom. The SMILES string of the molecule is CCC(CC)N(CCO)C(=O)CSCc1c(C)noc1C. The van der Waals surface area contributed by atoms with E-state index in [1.165, 1.54) is 0 Å². The third-order valence-corrected chi connectivity index (χ3v) is 4.64. The van der Waals surface area contributed by atoms with Crippen molar-refractivity contribution in [3.8, 4) is 0 Å². The average molecular weight is 314 g/mol. The lowest BCUT2D eigenvalue weighted by Crippen LogP contribution is -2.42. The number of thioether (sulfide) groups is 1. The first-order valence-corrected chi connectivity index (χ1v) is 8.60. The highest BCUT2D eigenvalue weighted by Gasteiger charge is 2.20. The van der Waals surface area contributed by atoms with Gasteiger partial charge in [0.05, 0.1) is 18.1 Å². The van der Waals surface area contributed by atoms with E-state index in [0.29, 0.717) is 12.3 Å². The Morgan fingerprint density at radius 3 is 2.52 bits per heavy atom. The summed E-state index contributed by atoms with van der Waals surface area (Å²) in [7, 11) is 0. The van der Waals surface area contributed by atoms with Gasteiger partial charge in [-0.3, -0.25) is 4.79 Å². The third-order valence-electron chi connectivity index (χ3n) is 3.70. The monoisotopic (exact) mass is 314 g/mol. The smallest absolute Gasteiger partial charge is 0.232 e. The zero-order chi connectivity index (χ0) is 15.8. The van der Waals surface area contributed by atoms with Crippen LogP contribution in [-0.4, -0.2) is 46.0 Å². The number of amides is 1. The summed E-state index contributed by atoms with van der Waals surface area (Å²) >= 11 is 1.57. The van der Waals surface area contributed by atoms with Crippen LogP contribution in [0.4, 0.5) is 0 Å². The fourth-order valence-electron chi connectivity index (χ4n) is 2.38. The average Bonchev–Trinajstić information content (AvgIpc) is 2.79. The molecule has 0 aliphatic carbocycles. The van der Waals surface area contributed by atoms with E-state index in [2.05, 4.69) is 19.0 Å². The Labute approximate surface area is 131 Å². The van der Waals surface area contributed by atoms with Gasteiger partial charge in [-0.1, -0.05) is 19.0 Å². The summed E-state index contributed by atoms with van der Waals surface area (Å²) in [6, 6.07) is 0.212. The number of aliphatic hydroxyl groups is 1. The number of aryl methyl sites for hydroxylation is 2. The molecule has 0 spiro atoms. The minimum atomic E-state index is 0.0107. The fourth-order valence-corrected chi connectivity index (χ4v) is 3.44. The highest BCUT2D eigenvalue weighted by molar-refractivity contribution is 7.99. The number of hydrogen-bond acceptors (Lipinski definition) is 5. The van der Waals surface area contributed by atoms with E-state index in [1.54, 1.807) is 16.7 Å². The second-order valence-electron chi connectivity index (χ2n) is 5.08. The molecule has 1 rings (SSSR count). The molecule has 0 aliphatic heterocycles. The number of carbonyl (C=O) groups is 1. The molecule has 0 aromatic carbocycles. The van der Waals surface area contributed by atoms with Crippen LogP contribution in [0.25, 0.3) is 0 Å². The Morgan fingerprint density at radius 1 is 1.38 bits per heavy atom. The van der Waals surface area contributed by atoms with Gasteiger partial charge in [-0.05, 0) is 26.7 Å². The maximum Gasteiger partial charge on any atom is 0.232 e. The Bertz CT molecular complexity index is 425. The van der Waals surface area contributed by atoms with Crippen molar-refractivity contribution in [2.45, 2.75) is 52.3 Å². The van der Waals surface area contributed by atoms with Gasteiger partial charge in [0.25, 0.3) is 0 Å². The van der Waals surface area contributed by atoms with Crippen LogP contribution in [0.2, 0.25) is 0 Å². The lowest BCUT2D eigenvalue weighted by Gasteiger charge is -2.30. The van der Waals surface area contributed by atoms with Crippen LogP contribution in [-0.2, 0) is 10.5 Å². The zero-order valence-corrected chi connectivity index (χ0v) is 14.2. The first kappa shape index (κ1) is 18.0. The molecular formula is C15H26N2O3S. The normalized spacial score (nSPS) is 11.1. The molecule has 0 bridgehead atoms. The standard InChI is InChI=1S/C15H26N2O3S/c1-5-13(6-2)17(7-8-18)15(19)10-21-9-14-11(3)16-20-12(14)4/h13,18H,5-10H2,1-4H3. The molecule has 0 unspecified atom stereocenters. The maximum atomic E-state index is 12.3. The van der Waals surface area contributed by atoms with Gasteiger partial charge < -0.3 is 14.5 Å². The Balaban J connectivity index is 2.54. The highest BCUT2D eigenvalue weighted by atomic mass is 32.2. The van der Waals surface area contributed by atoms with Crippen LogP contribution in [0, 0.1) is 13.8 Å². The first-order valence-electron chi connectivity index (χ1n) is 7.44. The van der Waals surface area contributed by atoms with E-state index in [4.69, 9.17) is 9.63 Å². The van der Waals surface area contributed by atoms with Crippen LogP contribution >= 0.6 is 11.8 Å². The molecule has 0 saturated heterocycles. The number of hydrogen-bond donors (Lipinski definition) is 1. The van der Waals surface area contributed by atoms with Crippen LogP contribution in [0.3, 0.4) is 0 Å². The molecule has 6 heteroatoms. The summed E-state index contributed by atoms with van der Waals surface area (Å²) in [5.74, 6) is 2.05. The van der Waals surface area contributed by atoms with Gasteiger partial charge in [0.2, 0.25) is 5.91 Å². The summed E-state index contributed by atoms with van der Waals surface area (Å²) < 4.78 is 5.12. The van der Waals surface area contributed by atoms with Gasteiger partial charge >= 0.3 is 0 Å². The summed E-state index contributed by atoms with van der Waals surface area (Å²) in [6.07, 6.45) is 1.83. The second kappa shape index (κ2) is 9.10. The van der Waals surface area contributed by atoms with Gasteiger partial charge in [-0.2, -0.15) is 0 Å². The molecular weight excluding hydrogens is 288 g/mol. The molecule has 120 valence electrons. The van der Waals surface area contributed by atoms with E-state index >= 15 is 0 Å². The predicted octanol–water partition coefficient (Wildman–Crippen LogP) is 2.53. The molecule has 0 radical (unpaired) electrons. The van der Waals surface area contributed by atoms with E-state index in [9.17, 15) is 4.79 Å². The Kier molecular flexibility index (Phi) is 7.82. The molecule has 0 atom stereocenters. The fraction of sp³-hybridized carbons (Fsp3) is 0.733. The van der Waals surface area contributed by atoms with Crippen LogP contribution in [0.1, 0.15) is 43.7 Å². The van der Waals surface area contributed by atoms with Crippen LogP contribution in [0.15, 0.2) is 4.52 Å². The summed E-state index contributed by atoms with van der Waals surface area (Å²) in [4.78, 5) is 14.2. The molecule has 0 aliphatic rings. The zero-order valence-electron chi connectivity index (χ0n) is 13.4. The summed E-state index contributed by atoms with van der Waals surface area (Å²) in [5.41, 5.74) is 1.96. The van der Waals surface area contributed by atoms with E-state index in [1.807, 2.05) is 13.8 Å².